The molecule has 130 valence electrons. The second-order valence-electron chi connectivity index (χ2n) is 5.74. The van der Waals surface area contributed by atoms with E-state index in [0.29, 0.717) is 5.69 Å². The highest BCUT2D eigenvalue weighted by Gasteiger charge is 2.29. The van der Waals surface area contributed by atoms with Crippen LogP contribution >= 0.6 is 22.6 Å². The van der Waals surface area contributed by atoms with Crippen LogP contribution in [0.1, 0.15) is 12.8 Å². The van der Waals surface area contributed by atoms with E-state index in [1.807, 2.05) is 22.6 Å². The van der Waals surface area contributed by atoms with Crippen molar-refractivity contribution < 1.29 is 13.0 Å². The lowest BCUT2D eigenvalue weighted by Gasteiger charge is -2.16. The van der Waals surface area contributed by atoms with Crippen LogP contribution in [0.3, 0.4) is 0 Å². The summed E-state index contributed by atoms with van der Waals surface area (Å²) in [5.74, 6) is -1.13. The quantitative estimate of drug-likeness (QED) is 0.546. The van der Waals surface area contributed by atoms with E-state index in [1.54, 1.807) is 18.5 Å². The zero-order valence-electron chi connectivity index (χ0n) is 12.8. The molecule has 0 spiro atoms. The number of pyridine rings is 1. The molecule has 1 saturated carbocycles. The number of nitrogens with one attached hydrogen (secondary N) is 2. The Hall–Kier alpha value is -1.75. The fourth-order valence-electron chi connectivity index (χ4n) is 2.42. The van der Waals surface area contributed by atoms with E-state index in [0.717, 1.165) is 16.4 Å². The summed E-state index contributed by atoms with van der Waals surface area (Å²) >= 11 is 2.00. The van der Waals surface area contributed by atoms with Gasteiger partial charge >= 0.3 is 0 Å². The minimum Gasteiger partial charge on any atom is -0.349 e. The number of fused-ring (bicyclic) bond motifs is 1. The summed E-state index contributed by atoms with van der Waals surface area (Å²) in [6.45, 7) is 0. The van der Waals surface area contributed by atoms with Gasteiger partial charge in [0.2, 0.25) is 0 Å². The molecule has 2 heterocycles. The molecule has 25 heavy (non-hydrogen) atoms. The maximum Gasteiger partial charge on any atom is 0.191 e. The van der Waals surface area contributed by atoms with Crippen molar-refractivity contribution >= 4 is 56.3 Å². The number of nitrogens with zero attached hydrogens (tertiary/aromatic N) is 2. The van der Waals surface area contributed by atoms with E-state index in [1.165, 1.54) is 22.7 Å². The highest BCUT2D eigenvalue weighted by atomic mass is 127. The van der Waals surface area contributed by atoms with Crippen molar-refractivity contribution in [2.75, 3.05) is 10.0 Å². The van der Waals surface area contributed by atoms with Crippen LogP contribution in [-0.2, 0) is 11.0 Å². The van der Waals surface area contributed by atoms with Gasteiger partial charge in [-0.2, -0.15) is 0 Å². The number of hydrogen-bond donors (Lipinski definition) is 2. The van der Waals surface area contributed by atoms with Gasteiger partial charge in [-0.25, -0.2) is 18.0 Å². The van der Waals surface area contributed by atoms with E-state index in [9.17, 15) is 13.0 Å². The van der Waals surface area contributed by atoms with Crippen LogP contribution < -0.4 is 10.0 Å². The highest BCUT2D eigenvalue weighted by molar-refractivity contribution is 14.1. The SMILES string of the molecule is O=S(Nc1cn2ccnc2c(F)c1Nc1ccc(I)cc1F)C1CC1. The van der Waals surface area contributed by atoms with Crippen molar-refractivity contribution in [2.24, 2.45) is 0 Å². The zero-order chi connectivity index (χ0) is 17.6. The van der Waals surface area contributed by atoms with Crippen LogP contribution in [0, 0.1) is 15.2 Å². The average molecular weight is 474 g/mol. The van der Waals surface area contributed by atoms with Crippen LogP contribution in [0.25, 0.3) is 5.65 Å². The van der Waals surface area contributed by atoms with Crippen molar-refractivity contribution in [1.29, 1.82) is 0 Å². The Bertz CT molecular complexity index is 990. The average Bonchev–Trinajstić information content (AvgIpc) is 3.32. The first kappa shape index (κ1) is 16.7. The molecule has 2 aromatic heterocycles. The molecule has 9 heteroatoms. The molecule has 0 bridgehead atoms. The molecule has 0 saturated heterocycles. The molecule has 1 unspecified atom stereocenters. The number of anilines is 3. The molecule has 0 aliphatic heterocycles. The van der Waals surface area contributed by atoms with Crippen molar-refractivity contribution in [3.8, 4) is 0 Å². The molecule has 4 rings (SSSR count). The van der Waals surface area contributed by atoms with E-state index in [4.69, 9.17) is 0 Å². The standard InChI is InChI=1S/C16H13F2IN4OS/c17-11-7-9(19)1-4-12(11)21-15-13(22-25(24)10-2-3-10)8-23-6-5-20-16(23)14(15)18/h1,4-8,10,21-22H,2-3H2. The van der Waals surface area contributed by atoms with Crippen LogP contribution in [0.2, 0.25) is 0 Å². The van der Waals surface area contributed by atoms with Gasteiger partial charge in [0, 0.05) is 22.2 Å². The van der Waals surface area contributed by atoms with Crippen molar-refractivity contribution in [2.45, 2.75) is 18.1 Å². The first-order chi connectivity index (χ1) is 12.0. The normalized spacial score (nSPS) is 15.3. The fourth-order valence-corrected chi connectivity index (χ4v) is 3.98. The summed E-state index contributed by atoms with van der Waals surface area (Å²) in [6.07, 6.45) is 6.42. The number of aromatic nitrogens is 2. The topological polar surface area (TPSA) is 58.4 Å². The van der Waals surface area contributed by atoms with Gasteiger partial charge in [-0.15, -0.1) is 0 Å². The van der Waals surface area contributed by atoms with Crippen molar-refractivity contribution in [3.63, 3.8) is 0 Å². The Labute approximate surface area is 158 Å². The third kappa shape index (κ3) is 3.34. The first-order valence-electron chi connectivity index (χ1n) is 7.57. The van der Waals surface area contributed by atoms with Gasteiger partial charge in [0.15, 0.2) is 11.5 Å². The Balaban J connectivity index is 1.78. The zero-order valence-corrected chi connectivity index (χ0v) is 15.8. The summed E-state index contributed by atoms with van der Waals surface area (Å²) in [6, 6.07) is 4.60. The van der Waals surface area contributed by atoms with Crippen molar-refractivity contribution in [3.05, 3.63) is 52.0 Å². The van der Waals surface area contributed by atoms with Crippen LogP contribution in [0.5, 0.6) is 0 Å². The predicted molar refractivity (Wildman–Crippen MR) is 102 cm³/mol. The summed E-state index contributed by atoms with van der Waals surface area (Å²) < 4.78 is 46.4. The van der Waals surface area contributed by atoms with Crippen molar-refractivity contribution in [1.82, 2.24) is 9.38 Å². The molecule has 1 atom stereocenters. The van der Waals surface area contributed by atoms with E-state index < -0.39 is 22.6 Å². The number of hydrogen-bond acceptors (Lipinski definition) is 3. The lowest BCUT2D eigenvalue weighted by molar-refractivity contribution is 0.626. The Kier molecular flexibility index (Phi) is 4.36. The minimum absolute atomic E-state index is 0.0211. The van der Waals surface area contributed by atoms with E-state index in [-0.39, 0.29) is 22.3 Å². The van der Waals surface area contributed by atoms with Gasteiger partial charge in [0.1, 0.15) is 22.5 Å². The minimum atomic E-state index is -1.31. The smallest absolute Gasteiger partial charge is 0.191 e. The predicted octanol–water partition coefficient (Wildman–Crippen LogP) is 4.20. The maximum atomic E-state index is 14.9. The number of benzene rings is 1. The highest BCUT2D eigenvalue weighted by Crippen LogP contribution is 2.34. The molecule has 1 aromatic carbocycles. The molecule has 5 nitrogen and oxygen atoms in total. The lowest BCUT2D eigenvalue weighted by Crippen LogP contribution is -2.12. The van der Waals surface area contributed by atoms with Gasteiger partial charge in [-0.1, -0.05) is 0 Å². The van der Waals surface area contributed by atoms with Gasteiger partial charge in [0.25, 0.3) is 0 Å². The molecule has 1 aliphatic rings. The summed E-state index contributed by atoms with van der Waals surface area (Å²) in [5, 5.41) is 2.85. The molecule has 3 aromatic rings. The molecular formula is C16H13F2IN4OS. The van der Waals surface area contributed by atoms with Gasteiger partial charge < -0.3 is 14.4 Å². The molecular weight excluding hydrogens is 461 g/mol. The Morgan fingerprint density at radius 3 is 2.80 bits per heavy atom. The van der Waals surface area contributed by atoms with Gasteiger partial charge in [0.05, 0.1) is 16.6 Å². The second kappa shape index (κ2) is 6.52. The Morgan fingerprint density at radius 2 is 2.08 bits per heavy atom. The summed E-state index contributed by atoms with van der Waals surface area (Å²) in [4.78, 5) is 3.97. The fraction of sp³-hybridized carbons (Fsp3) is 0.188. The Morgan fingerprint density at radius 1 is 1.28 bits per heavy atom. The molecule has 2 N–H and O–H groups in total. The maximum absolute atomic E-state index is 14.9. The summed E-state index contributed by atoms with van der Waals surface area (Å²) in [7, 11) is -1.31. The summed E-state index contributed by atoms with van der Waals surface area (Å²) in [5.41, 5.74) is 0.561. The number of imidazole rings is 1. The van der Waals surface area contributed by atoms with Crippen LogP contribution in [-0.4, -0.2) is 18.8 Å². The first-order valence-corrected chi connectivity index (χ1v) is 9.86. The van der Waals surface area contributed by atoms with E-state index in [2.05, 4.69) is 15.0 Å². The second-order valence-corrected chi connectivity index (χ2v) is 8.45. The van der Waals surface area contributed by atoms with Crippen LogP contribution in [0.4, 0.5) is 25.8 Å². The molecule has 0 amide bonds. The van der Waals surface area contributed by atoms with Gasteiger partial charge in [-0.3, -0.25) is 0 Å². The number of rotatable bonds is 5. The van der Waals surface area contributed by atoms with Crippen LogP contribution in [0.15, 0.2) is 36.8 Å². The third-order valence-corrected chi connectivity index (χ3v) is 6.02. The molecule has 1 aliphatic carbocycles. The number of halogens is 3. The van der Waals surface area contributed by atoms with E-state index >= 15 is 0 Å². The largest absolute Gasteiger partial charge is 0.349 e. The molecule has 0 radical (unpaired) electrons. The van der Waals surface area contributed by atoms with Gasteiger partial charge in [-0.05, 0) is 53.6 Å². The molecule has 1 fully saturated rings. The monoisotopic (exact) mass is 474 g/mol. The third-order valence-electron chi connectivity index (χ3n) is 3.85. The lowest BCUT2D eigenvalue weighted by atomic mass is 10.2.